The summed E-state index contributed by atoms with van der Waals surface area (Å²) >= 11 is 0. The van der Waals surface area contributed by atoms with Crippen molar-refractivity contribution in [2.45, 2.75) is 38.1 Å². The highest BCUT2D eigenvalue weighted by atomic mass is 32.2. The average Bonchev–Trinajstić information content (AvgIpc) is 2.88. The van der Waals surface area contributed by atoms with Gasteiger partial charge in [-0.15, -0.1) is 0 Å². The molecule has 1 unspecified atom stereocenters. The second-order valence-corrected chi connectivity index (χ2v) is 10.4. The van der Waals surface area contributed by atoms with Crippen LogP contribution in [0.2, 0.25) is 0 Å². The van der Waals surface area contributed by atoms with Crippen LogP contribution in [0.4, 0.5) is 5.69 Å². The van der Waals surface area contributed by atoms with Gasteiger partial charge in [0, 0.05) is 13.1 Å². The fourth-order valence-electron chi connectivity index (χ4n) is 3.85. The second-order valence-electron chi connectivity index (χ2n) is 8.55. The molecular formula is C28H33N3O4S. The van der Waals surface area contributed by atoms with Crippen LogP contribution in [-0.2, 0) is 26.0 Å². The van der Waals surface area contributed by atoms with E-state index in [2.05, 4.69) is 5.32 Å². The van der Waals surface area contributed by atoms with Gasteiger partial charge in [0.15, 0.2) is 0 Å². The van der Waals surface area contributed by atoms with E-state index in [4.69, 9.17) is 0 Å². The van der Waals surface area contributed by atoms with E-state index in [0.717, 1.165) is 15.4 Å². The lowest BCUT2D eigenvalue weighted by Gasteiger charge is -2.32. The van der Waals surface area contributed by atoms with E-state index >= 15 is 0 Å². The molecule has 3 aromatic rings. The Morgan fingerprint density at radius 3 is 2.06 bits per heavy atom. The highest BCUT2D eigenvalue weighted by Crippen LogP contribution is 2.24. The Hall–Kier alpha value is -3.65. The Morgan fingerprint density at radius 1 is 0.889 bits per heavy atom. The maximum absolute atomic E-state index is 13.7. The predicted octanol–water partition coefficient (Wildman–Crippen LogP) is 3.79. The number of likely N-dealkylation sites (N-methyl/N-ethyl adjacent to an activating group) is 1. The number of para-hydroxylation sites is 1. The van der Waals surface area contributed by atoms with Crippen molar-refractivity contribution in [3.05, 3.63) is 96.1 Å². The first-order chi connectivity index (χ1) is 17.2. The van der Waals surface area contributed by atoms with Gasteiger partial charge in [0.2, 0.25) is 11.8 Å². The van der Waals surface area contributed by atoms with Gasteiger partial charge in [-0.05, 0) is 57.0 Å². The number of hydrogen-bond donors (Lipinski definition) is 1. The minimum Gasteiger partial charge on any atom is -0.355 e. The molecule has 2 amide bonds. The summed E-state index contributed by atoms with van der Waals surface area (Å²) in [6, 6.07) is 24.0. The molecule has 0 heterocycles. The molecule has 3 rings (SSSR count). The zero-order valence-corrected chi connectivity index (χ0v) is 21.7. The van der Waals surface area contributed by atoms with Gasteiger partial charge in [0.05, 0.1) is 10.6 Å². The number of aryl methyl sites for hydroxylation is 1. The summed E-state index contributed by atoms with van der Waals surface area (Å²) in [6.45, 7) is 5.62. The number of nitrogens with one attached hydrogen (secondary N) is 1. The van der Waals surface area contributed by atoms with Crippen molar-refractivity contribution in [3.8, 4) is 0 Å². The van der Waals surface area contributed by atoms with Crippen molar-refractivity contribution < 1.29 is 18.0 Å². The summed E-state index contributed by atoms with van der Waals surface area (Å²) in [4.78, 5) is 27.9. The van der Waals surface area contributed by atoms with Crippen LogP contribution in [0.1, 0.15) is 25.0 Å². The normalized spacial score (nSPS) is 12.0. The zero-order valence-electron chi connectivity index (χ0n) is 20.9. The Labute approximate surface area is 213 Å². The SMILES string of the molecule is CCNC(=O)C(C)N(CCc1ccccc1)C(=O)CN(c1ccccc1)S(=O)(=O)c1ccc(C)cc1. The van der Waals surface area contributed by atoms with Crippen LogP contribution >= 0.6 is 0 Å². The van der Waals surface area contributed by atoms with Crippen LogP contribution in [0.3, 0.4) is 0 Å². The number of anilines is 1. The van der Waals surface area contributed by atoms with Crippen molar-refractivity contribution in [2.24, 2.45) is 0 Å². The minimum absolute atomic E-state index is 0.0948. The van der Waals surface area contributed by atoms with Gasteiger partial charge >= 0.3 is 0 Å². The van der Waals surface area contributed by atoms with Gasteiger partial charge in [-0.2, -0.15) is 0 Å². The minimum atomic E-state index is -4.04. The van der Waals surface area contributed by atoms with Gasteiger partial charge in [0.1, 0.15) is 12.6 Å². The van der Waals surface area contributed by atoms with Crippen LogP contribution < -0.4 is 9.62 Å². The molecule has 8 heteroatoms. The number of carbonyl (C=O) groups excluding carboxylic acids is 2. The molecule has 0 aliphatic heterocycles. The van der Waals surface area contributed by atoms with E-state index in [0.29, 0.717) is 18.7 Å². The van der Waals surface area contributed by atoms with Crippen LogP contribution in [0.25, 0.3) is 0 Å². The van der Waals surface area contributed by atoms with E-state index in [1.54, 1.807) is 49.4 Å². The van der Waals surface area contributed by atoms with Gasteiger partial charge < -0.3 is 10.2 Å². The number of sulfonamides is 1. The van der Waals surface area contributed by atoms with Gasteiger partial charge in [-0.1, -0.05) is 66.2 Å². The molecule has 36 heavy (non-hydrogen) atoms. The number of hydrogen-bond acceptors (Lipinski definition) is 4. The van der Waals surface area contributed by atoms with Gasteiger partial charge in [0.25, 0.3) is 10.0 Å². The van der Waals surface area contributed by atoms with E-state index in [1.807, 2.05) is 44.2 Å². The standard InChI is InChI=1S/C28H33N3O4S/c1-4-29-28(33)23(3)30(20-19-24-11-7-5-8-12-24)27(32)21-31(25-13-9-6-10-14-25)36(34,35)26-17-15-22(2)16-18-26/h5-18,23H,4,19-21H2,1-3H3,(H,29,33). The molecule has 0 aliphatic carbocycles. The van der Waals surface area contributed by atoms with Crippen LogP contribution in [0, 0.1) is 6.92 Å². The van der Waals surface area contributed by atoms with E-state index in [9.17, 15) is 18.0 Å². The van der Waals surface area contributed by atoms with Crippen LogP contribution in [0.5, 0.6) is 0 Å². The highest BCUT2D eigenvalue weighted by molar-refractivity contribution is 7.92. The third-order valence-corrected chi connectivity index (χ3v) is 7.72. The molecule has 1 N–H and O–H groups in total. The largest absolute Gasteiger partial charge is 0.355 e. The zero-order chi connectivity index (χ0) is 26.1. The highest BCUT2D eigenvalue weighted by Gasteiger charge is 2.32. The smallest absolute Gasteiger partial charge is 0.264 e. The van der Waals surface area contributed by atoms with Gasteiger partial charge in [-0.25, -0.2) is 8.42 Å². The molecular weight excluding hydrogens is 474 g/mol. The summed E-state index contributed by atoms with van der Waals surface area (Å²) in [5.74, 6) is -0.740. The predicted molar refractivity (Wildman–Crippen MR) is 142 cm³/mol. The number of amides is 2. The molecule has 1 atom stereocenters. The first kappa shape index (κ1) is 26.9. The lowest BCUT2D eigenvalue weighted by molar-refractivity contribution is -0.138. The molecule has 0 fully saturated rings. The summed E-state index contributed by atoms with van der Waals surface area (Å²) in [7, 11) is -4.04. The average molecular weight is 508 g/mol. The van der Waals surface area contributed by atoms with Crippen LogP contribution in [0.15, 0.2) is 89.8 Å². The monoisotopic (exact) mass is 507 g/mol. The topological polar surface area (TPSA) is 86.8 Å². The molecule has 0 bridgehead atoms. The number of benzene rings is 3. The second kappa shape index (κ2) is 12.4. The maximum atomic E-state index is 13.7. The lowest BCUT2D eigenvalue weighted by Crippen LogP contribution is -2.52. The van der Waals surface area contributed by atoms with Gasteiger partial charge in [-0.3, -0.25) is 13.9 Å². The van der Waals surface area contributed by atoms with E-state index < -0.39 is 28.5 Å². The summed E-state index contributed by atoms with van der Waals surface area (Å²) in [6.07, 6.45) is 0.534. The summed E-state index contributed by atoms with van der Waals surface area (Å²) < 4.78 is 28.4. The first-order valence-electron chi connectivity index (χ1n) is 12.0. The maximum Gasteiger partial charge on any atom is 0.264 e. The molecule has 0 saturated carbocycles. The molecule has 0 radical (unpaired) electrons. The van der Waals surface area contributed by atoms with Crippen molar-refractivity contribution in [1.29, 1.82) is 0 Å². The fraction of sp³-hybridized carbons (Fsp3) is 0.286. The Kier molecular flexibility index (Phi) is 9.25. The van der Waals surface area contributed by atoms with E-state index in [-0.39, 0.29) is 17.3 Å². The third-order valence-electron chi connectivity index (χ3n) is 5.93. The molecule has 7 nitrogen and oxygen atoms in total. The van der Waals surface area contributed by atoms with Crippen molar-refractivity contribution in [2.75, 3.05) is 23.9 Å². The number of rotatable bonds is 11. The quantitative estimate of drug-likeness (QED) is 0.428. The third kappa shape index (κ3) is 6.73. The molecule has 0 saturated heterocycles. The molecule has 3 aromatic carbocycles. The Morgan fingerprint density at radius 2 is 1.47 bits per heavy atom. The number of nitrogens with zero attached hydrogens (tertiary/aromatic N) is 2. The van der Waals surface area contributed by atoms with Crippen LogP contribution in [-0.4, -0.2) is 50.8 Å². The Balaban J connectivity index is 1.94. The fourth-order valence-corrected chi connectivity index (χ4v) is 5.27. The van der Waals surface area contributed by atoms with E-state index in [1.165, 1.54) is 17.0 Å². The van der Waals surface area contributed by atoms with Crippen molar-refractivity contribution >= 4 is 27.5 Å². The first-order valence-corrected chi connectivity index (χ1v) is 13.4. The van der Waals surface area contributed by atoms with Crippen molar-refractivity contribution in [3.63, 3.8) is 0 Å². The van der Waals surface area contributed by atoms with Crippen molar-refractivity contribution in [1.82, 2.24) is 10.2 Å². The summed E-state index contributed by atoms with van der Waals surface area (Å²) in [5, 5.41) is 2.76. The molecule has 0 spiro atoms. The molecule has 0 aromatic heterocycles. The Bertz CT molecular complexity index is 1250. The molecule has 0 aliphatic rings. The molecule has 190 valence electrons. The lowest BCUT2D eigenvalue weighted by atomic mass is 10.1. The summed E-state index contributed by atoms with van der Waals surface area (Å²) in [5.41, 5.74) is 2.32. The number of carbonyl (C=O) groups is 2.